The topological polar surface area (TPSA) is 64.0 Å². The highest BCUT2D eigenvalue weighted by atomic mass is 35.5. The number of benzene rings is 1. The van der Waals surface area contributed by atoms with E-state index in [-0.39, 0.29) is 5.75 Å². The molecular formula is C20H24ClN3O2S. The van der Waals surface area contributed by atoms with Gasteiger partial charge in [0.25, 0.3) is 0 Å². The zero-order valence-corrected chi connectivity index (χ0v) is 17.1. The van der Waals surface area contributed by atoms with Crippen LogP contribution in [0, 0.1) is 5.92 Å². The lowest BCUT2D eigenvalue weighted by Crippen LogP contribution is -2.27. The second-order valence-corrected chi connectivity index (χ2v) is 9.35. The average Bonchev–Trinajstić information content (AvgIpc) is 2.94. The highest BCUT2D eigenvalue weighted by molar-refractivity contribution is 7.88. The number of nitrogens with zero attached hydrogens (tertiary/aromatic N) is 2. The van der Waals surface area contributed by atoms with Gasteiger partial charge in [0.15, 0.2) is 0 Å². The van der Waals surface area contributed by atoms with Gasteiger partial charge in [0, 0.05) is 35.9 Å². The lowest BCUT2D eigenvalue weighted by Gasteiger charge is -2.07. The molecule has 3 rings (SSSR count). The molecule has 0 unspecified atom stereocenters. The molecule has 0 radical (unpaired) electrons. The van der Waals surface area contributed by atoms with E-state index in [9.17, 15) is 8.42 Å². The molecule has 1 aromatic carbocycles. The van der Waals surface area contributed by atoms with Crippen molar-refractivity contribution in [1.82, 2.24) is 14.3 Å². The van der Waals surface area contributed by atoms with Crippen LogP contribution in [0.1, 0.15) is 25.0 Å². The molecule has 0 saturated heterocycles. The van der Waals surface area contributed by atoms with E-state index < -0.39 is 10.0 Å². The summed E-state index contributed by atoms with van der Waals surface area (Å²) >= 11 is 5.84. The van der Waals surface area contributed by atoms with Gasteiger partial charge in [-0.25, -0.2) is 18.1 Å². The molecule has 0 atom stereocenters. The van der Waals surface area contributed by atoms with Crippen LogP contribution in [-0.2, 0) is 28.7 Å². The van der Waals surface area contributed by atoms with Crippen molar-refractivity contribution >= 4 is 32.7 Å². The van der Waals surface area contributed by atoms with Crippen LogP contribution in [0.25, 0.3) is 11.0 Å². The maximum absolute atomic E-state index is 12.3. The molecule has 0 bridgehead atoms. The maximum atomic E-state index is 12.3. The number of pyridine rings is 1. The van der Waals surface area contributed by atoms with Gasteiger partial charge in [0.05, 0.1) is 5.75 Å². The van der Waals surface area contributed by atoms with Gasteiger partial charge in [0.2, 0.25) is 10.0 Å². The minimum atomic E-state index is -3.40. The van der Waals surface area contributed by atoms with Crippen molar-refractivity contribution in [3.63, 3.8) is 0 Å². The third-order valence-electron chi connectivity index (χ3n) is 4.26. The second kappa shape index (κ2) is 8.42. The summed E-state index contributed by atoms with van der Waals surface area (Å²) in [6, 6.07) is 10.8. The number of hydrogen-bond acceptors (Lipinski definition) is 3. The van der Waals surface area contributed by atoms with Crippen molar-refractivity contribution < 1.29 is 8.42 Å². The first kappa shape index (κ1) is 19.9. The molecule has 2 aromatic heterocycles. The Labute approximate surface area is 165 Å². The predicted octanol–water partition coefficient (Wildman–Crippen LogP) is 4.01. The Hall–Kier alpha value is -1.89. The molecule has 5 nitrogen and oxygen atoms in total. The highest BCUT2D eigenvalue weighted by Crippen LogP contribution is 2.21. The molecule has 0 fully saturated rings. The molecule has 0 aliphatic heterocycles. The van der Waals surface area contributed by atoms with E-state index in [2.05, 4.69) is 34.3 Å². The molecule has 0 aliphatic carbocycles. The van der Waals surface area contributed by atoms with E-state index in [0.717, 1.165) is 23.1 Å². The Morgan fingerprint density at radius 2 is 1.93 bits per heavy atom. The first-order chi connectivity index (χ1) is 12.8. The number of hydrogen-bond donors (Lipinski definition) is 1. The zero-order chi connectivity index (χ0) is 19.4. The van der Waals surface area contributed by atoms with Crippen molar-refractivity contribution in [2.75, 3.05) is 6.54 Å². The fraction of sp³-hybridized carbons (Fsp3) is 0.350. The van der Waals surface area contributed by atoms with Crippen LogP contribution in [0.5, 0.6) is 0 Å². The van der Waals surface area contributed by atoms with Crippen LogP contribution in [0.3, 0.4) is 0 Å². The van der Waals surface area contributed by atoms with Gasteiger partial charge >= 0.3 is 0 Å². The van der Waals surface area contributed by atoms with Crippen LogP contribution in [0.4, 0.5) is 0 Å². The van der Waals surface area contributed by atoms with Gasteiger partial charge in [-0.3, -0.25) is 0 Å². The second-order valence-electron chi connectivity index (χ2n) is 7.11. The largest absolute Gasteiger partial charge is 0.332 e. The zero-order valence-electron chi connectivity index (χ0n) is 15.5. The molecule has 2 heterocycles. The van der Waals surface area contributed by atoms with Crippen molar-refractivity contribution in [2.24, 2.45) is 5.92 Å². The number of halogens is 1. The van der Waals surface area contributed by atoms with E-state index in [1.165, 1.54) is 0 Å². The summed E-state index contributed by atoms with van der Waals surface area (Å²) in [6.45, 7) is 5.57. The molecule has 3 aromatic rings. The molecule has 7 heteroatoms. The standard InChI is InChI=1S/C20H24ClN3O2S/c1-15(2)12-24-13-17(19-4-3-10-22-20(19)24)9-11-23-27(25,26)14-16-5-7-18(21)8-6-16/h3-8,10,13,15,23H,9,11-12,14H2,1-2H3. The summed E-state index contributed by atoms with van der Waals surface area (Å²) < 4.78 is 29.5. The Morgan fingerprint density at radius 1 is 1.19 bits per heavy atom. The van der Waals surface area contributed by atoms with Gasteiger partial charge < -0.3 is 4.57 Å². The third kappa shape index (κ3) is 5.31. The SMILES string of the molecule is CC(C)Cn1cc(CCNS(=O)(=O)Cc2ccc(Cl)cc2)c2cccnc21. The minimum Gasteiger partial charge on any atom is -0.332 e. The molecule has 0 spiro atoms. The predicted molar refractivity (Wildman–Crippen MR) is 110 cm³/mol. The summed E-state index contributed by atoms with van der Waals surface area (Å²) in [7, 11) is -3.40. The van der Waals surface area contributed by atoms with Crippen molar-refractivity contribution in [3.05, 3.63) is 64.9 Å². The molecular weight excluding hydrogens is 382 g/mol. The Morgan fingerprint density at radius 3 is 2.63 bits per heavy atom. The molecule has 0 aliphatic rings. The first-order valence-corrected chi connectivity index (χ1v) is 11.0. The molecule has 1 N–H and O–H groups in total. The number of rotatable bonds is 8. The maximum Gasteiger partial charge on any atom is 0.215 e. The van der Waals surface area contributed by atoms with Crippen LogP contribution >= 0.6 is 11.6 Å². The number of nitrogens with one attached hydrogen (secondary N) is 1. The van der Waals surface area contributed by atoms with Crippen molar-refractivity contribution in [1.29, 1.82) is 0 Å². The summed E-state index contributed by atoms with van der Waals surface area (Å²) in [4.78, 5) is 4.49. The highest BCUT2D eigenvalue weighted by Gasteiger charge is 2.14. The van der Waals surface area contributed by atoms with Gasteiger partial charge in [-0.1, -0.05) is 37.6 Å². The van der Waals surface area contributed by atoms with E-state index in [0.29, 0.717) is 29.5 Å². The lowest BCUT2D eigenvalue weighted by molar-refractivity contribution is 0.532. The fourth-order valence-corrected chi connectivity index (χ4v) is 4.39. The Kier molecular flexibility index (Phi) is 6.19. The van der Waals surface area contributed by atoms with Crippen LogP contribution in [0.15, 0.2) is 48.8 Å². The van der Waals surface area contributed by atoms with E-state index in [4.69, 9.17) is 11.6 Å². The van der Waals surface area contributed by atoms with Crippen molar-refractivity contribution in [2.45, 2.75) is 32.6 Å². The van der Waals surface area contributed by atoms with Gasteiger partial charge in [-0.05, 0) is 47.7 Å². The molecule has 0 amide bonds. The average molecular weight is 406 g/mol. The third-order valence-corrected chi connectivity index (χ3v) is 5.87. The molecule has 0 saturated carbocycles. The van der Waals surface area contributed by atoms with Gasteiger partial charge in [-0.15, -0.1) is 0 Å². The summed E-state index contributed by atoms with van der Waals surface area (Å²) in [5.41, 5.74) is 2.77. The minimum absolute atomic E-state index is 0.0547. The summed E-state index contributed by atoms with van der Waals surface area (Å²) in [5, 5.41) is 1.67. The number of fused-ring (bicyclic) bond motifs is 1. The summed E-state index contributed by atoms with van der Waals surface area (Å²) in [5.74, 6) is 0.453. The smallest absolute Gasteiger partial charge is 0.215 e. The van der Waals surface area contributed by atoms with Crippen LogP contribution in [-0.4, -0.2) is 24.5 Å². The molecule has 144 valence electrons. The number of sulfonamides is 1. The quantitative estimate of drug-likeness (QED) is 0.615. The summed E-state index contributed by atoms with van der Waals surface area (Å²) in [6.07, 6.45) is 4.50. The molecule has 27 heavy (non-hydrogen) atoms. The van der Waals surface area contributed by atoms with E-state index in [1.807, 2.05) is 12.1 Å². The normalized spacial score (nSPS) is 12.1. The van der Waals surface area contributed by atoms with E-state index >= 15 is 0 Å². The van der Waals surface area contributed by atoms with Crippen molar-refractivity contribution in [3.8, 4) is 0 Å². The monoisotopic (exact) mass is 405 g/mol. The van der Waals surface area contributed by atoms with Gasteiger partial charge in [0.1, 0.15) is 5.65 Å². The number of aromatic nitrogens is 2. The Balaban J connectivity index is 1.67. The Bertz CT molecular complexity index is 1010. The lowest BCUT2D eigenvalue weighted by atomic mass is 10.2. The first-order valence-electron chi connectivity index (χ1n) is 8.98. The van der Waals surface area contributed by atoms with Crippen LogP contribution in [0.2, 0.25) is 5.02 Å². The van der Waals surface area contributed by atoms with Gasteiger partial charge in [-0.2, -0.15) is 0 Å². The fourth-order valence-electron chi connectivity index (χ4n) is 3.12. The van der Waals surface area contributed by atoms with E-state index in [1.54, 1.807) is 30.5 Å². The van der Waals surface area contributed by atoms with Crippen LogP contribution < -0.4 is 4.72 Å².